The third-order valence-electron chi connectivity index (χ3n) is 4.40. The molecule has 2 aromatic rings. The number of rotatable bonds is 3. The number of hydrogen-bond acceptors (Lipinski definition) is 5. The van der Waals surface area contributed by atoms with E-state index in [1.54, 1.807) is 6.07 Å². The zero-order chi connectivity index (χ0) is 19.6. The lowest BCUT2D eigenvalue weighted by Crippen LogP contribution is -2.49. The van der Waals surface area contributed by atoms with Crippen LogP contribution in [0.2, 0.25) is 5.02 Å². The Morgan fingerprint density at radius 3 is 2.56 bits per heavy atom. The predicted molar refractivity (Wildman–Crippen MR) is 97.3 cm³/mol. The van der Waals surface area contributed by atoms with Gasteiger partial charge in [0.2, 0.25) is 0 Å². The molecule has 1 heterocycles. The zero-order valence-electron chi connectivity index (χ0n) is 14.1. The summed E-state index contributed by atoms with van der Waals surface area (Å²) in [4.78, 5) is 26.6. The van der Waals surface area contributed by atoms with Crippen molar-refractivity contribution in [2.24, 2.45) is 0 Å². The van der Waals surface area contributed by atoms with Crippen molar-refractivity contribution >= 4 is 28.9 Å². The van der Waals surface area contributed by atoms with Crippen molar-refractivity contribution < 1.29 is 14.1 Å². The number of nitrogens with zero attached hydrogens (tertiary/aromatic N) is 4. The number of nitriles is 1. The molecule has 7 nitrogen and oxygen atoms in total. The quantitative estimate of drug-likeness (QED) is 0.594. The minimum atomic E-state index is -0.638. The Morgan fingerprint density at radius 2 is 1.93 bits per heavy atom. The van der Waals surface area contributed by atoms with E-state index >= 15 is 0 Å². The summed E-state index contributed by atoms with van der Waals surface area (Å²) in [5.41, 5.74) is 0.0702. The molecule has 0 N–H and O–H groups in total. The van der Waals surface area contributed by atoms with Gasteiger partial charge in [-0.1, -0.05) is 17.7 Å². The van der Waals surface area contributed by atoms with Gasteiger partial charge in [0, 0.05) is 37.3 Å². The van der Waals surface area contributed by atoms with Crippen LogP contribution in [0, 0.1) is 27.3 Å². The maximum absolute atomic E-state index is 13.8. The standard InChI is InChI=1S/C18H14ClFN4O3/c19-12-4-5-13(17(10-12)24(26)27)18(25)23-8-6-22(7-9-23)16-3-1-2-15(20)14(16)11-21/h1-5,10H,6-9H2. The van der Waals surface area contributed by atoms with Crippen LogP contribution in [-0.4, -0.2) is 41.9 Å². The number of amides is 1. The highest BCUT2D eigenvalue weighted by Gasteiger charge is 2.28. The van der Waals surface area contributed by atoms with Gasteiger partial charge in [0.1, 0.15) is 23.0 Å². The maximum Gasteiger partial charge on any atom is 0.283 e. The number of anilines is 1. The Bertz CT molecular complexity index is 952. The molecule has 2 aromatic carbocycles. The molecule has 1 aliphatic heterocycles. The maximum atomic E-state index is 13.8. The molecule has 0 spiro atoms. The number of benzene rings is 2. The fraction of sp³-hybridized carbons (Fsp3) is 0.222. The summed E-state index contributed by atoms with van der Waals surface area (Å²) in [6.45, 7) is 1.34. The first-order valence-corrected chi connectivity index (χ1v) is 8.47. The first kappa shape index (κ1) is 18.6. The second-order valence-corrected chi connectivity index (χ2v) is 6.38. The monoisotopic (exact) mass is 388 g/mol. The molecule has 0 bridgehead atoms. The molecule has 9 heteroatoms. The first-order valence-electron chi connectivity index (χ1n) is 8.09. The van der Waals surface area contributed by atoms with E-state index in [1.807, 2.05) is 11.0 Å². The highest BCUT2D eigenvalue weighted by Crippen LogP contribution is 2.27. The largest absolute Gasteiger partial charge is 0.367 e. The average Bonchev–Trinajstić information content (AvgIpc) is 2.67. The van der Waals surface area contributed by atoms with E-state index < -0.39 is 16.6 Å². The molecular weight excluding hydrogens is 375 g/mol. The number of nitro benzene ring substituents is 1. The molecule has 1 saturated heterocycles. The summed E-state index contributed by atoms with van der Waals surface area (Å²) in [7, 11) is 0. The van der Waals surface area contributed by atoms with Crippen molar-refractivity contribution in [2.45, 2.75) is 0 Å². The van der Waals surface area contributed by atoms with Crippen LogP contribution < -0.4 is 4.90 Å². The smallest absolute Gasteiger partial charge is 0.283 e. The molecule has 1 aliphatic rings. The average molecular weight is 389 g/mol. The SMILES string of the molecule is N#Cc1c(F)cccc1N1CCN(C(=O)c2ccc(Cl)cc2[N+](=O)[O-])CC1. The first-order chi connectivity index (χ1) is 12.9. The second-order valence-electron chi connectivity index (χ2n) is 5.94. The van der Waals surface area contributed by atoms with Crippen molar-refractivity contribution in [3.05, 3.63) is 68.5 Å². The number of carbonyl (C=O) groups excluding carboxylic acids is 1. The Kier molecular flexibility index (Phi) is 5.23. The Morgan fingerprint density at radius 1 is 1.22 bits per heavy atom. The van der Waals surface area contributed by atoms with Gasteiger partial charge in [0.15, 0.2) is 0 Å². The van der Waals surface area contributed by atoms with Gasteiger partial charge < -0.3 is 9.80 Å². The van der Waals surface area contributed by atoms with Crippen LogP contribution in [0.25, 0.3) is 0 Å². The lowest BCUT2D eigenvalue weighted by Gasteiger charge is -2.36. The normalized spacial score (nSPS) is 14.0. The molecule has 0 aromatic heterocycles. The van der Waals surface area contributed by atoms with Gasteiger partial charge >= 0.3 is 0 Å². The highest BCUT2D eigenvalue weighted by molar-refractivity contribution is 6.31. The lowest BCUT2D eigenvalue weighted by atomic mass is 10.1. The number of carbonyl (C=O) groups is 1. The number of piperazine rings is 1. The summed E-state index contributed by atoms with van der Waals surface area (Å²) in [5, 5.41) is 20.5. The molecule has 0 radical (unpaired) electrons. The van der Waals surface area contributed by atoms with Gasteiger partial charge in [0.25, 0.3) is 11.6 Å². The molecule has 27 heavy (non-hydrogen) atoms. The van der Waals surface area contributed by atoms with Gasteiger partial charge in [-0.2, -0.15) is 5.26 Å². The van der Waals surface area contributed by atoms with Crippen molar-refractivity contribution in [1.29, 1.82) is 5.26 Å². The topological polar surface area (TPSA) is 90.5 Å². The molecule has 1 fully saturated rings. The van der Waals surface area contributed by atoms with E-state index in [4.69, 9.17) is 16.9 Å². The summed E-state index contributed by atoms with van der Waals surface area (Å²) in [5.74, 6) is -1.05. The van der Waals surface area contributed by atoms with E-state index in [2.05, 4.69) is 0 Å². The van der Waals surface area contributed by atoms with Gasteiger partial charge in [-0.15, -0.1) is 0 Å². The van der Waals surface area contributed by atoms with Crippen molar-refractivity contribution in [3.63, 3.8) is 0 Å². The molecule has 0 aliphatic carbocycles. The van der Waals surface area contributed by atoms with Crippen LogP contribution in [0.3, 0.4) is 0 Å². The van der Waals surface area contributed by atoms with Crippen LogP contribution in [-0.2, 0) is 0 Å². The van der Waals surface area contributed by atoms with Gasteiger partial charge in [-0.25, -0.2) is 4.39 Å². The third-order valence-corrected chi connectivity index (χ3v) is 4.63. The van der Waals surface area contributed by atoms with Gasteiger partial charge in [-0.3, -0.25) is 14.9 Å². The second kappa shape index (κ2) is 7.60. The summed E-state index contributed by atoms with van der Waals surface area (Å²) in [6, 6.07) is 10.2. The molecular formula is C18H14ClFN4O3. The number of hydrogen-bond donors (Lipinski definition) is 0. The van der Waals surface area contributed by atoms with Crippen LogP contribution in [0.15, 0.2) is 36.4 Å². The molecule has 1 amide bonds. The van der Waals surface area contributed by atoms with Crippen molar-refractivity contribution in [1.82, 2.24) is 4.90 Å². The Hall–Kier alpha value is -3.18. The highest BCUT2D eigenvalue weighted by atomic mass is 35.5. The number of halogens is 2. The predicted octanol–water partition coefficient (Wildman–Crippen LogP) is 3.22. The van der Waals surface area contributed by atoms with Crippen LogP contribution in [0.5, 0.6) is 0 Å². The summed E-state index contributed by atoms with van der Waals surface area (Å²) in [6.07, 6.45) is 0. The van der Waals surface area contributed by atoms with Crippen LogP contribution in [0.4, 0.5) is 15.8 Å². The van der Waals surface area contributed by atoms with E-state index in [0.717, 1.165) is 6.07 Å². The summed E-state index contributed by atoms with van der Waals surface area (Å²) < 4.78 is 13.8. The fourth-order valence-corrected chi connectivity index (χ4v) is 3.21. The number of nitro groups is 1. The molecule has 138 valence electrons. The van der Waals surface area contributed by atoms with E-state index in [0.29, 0.717) is 31.9 Å². The fourth-order valence-electron chi connectivity index (χ4n) is 3.04. The Balaban J connectivity index is 1.77. The lowest BCUT2D eigenvalue weighted by molar-refractivity contribution is -0.385. The molecule has 0 saturated carbocycles. The Labute approximate surface area is 159 Å². The van der Waals surface area contributed by atoms with Crippen molar-refractivity contribution in [3.8, 4) is 6.07 Å². The molecule has 0 atom stereocenters. The minimum absolute atomic E-state index is 0.0266. The van der Waals surface area contributed by atoms with E-state index in [-0.39, 0.29) is 21.8 Å². The van der Waals surface area contributed by atoms with Gasteiger partial charge in [-0.05, 0) is 24.3 Å². The third kappa shape index (κ3) is 3.68. The minimum Gasteiger partial charge on any atom is -0.367 e. The molecule has 3 rings (SSSR count). The zero-order valence-corrected chi connectivity index (χ0v) is 14.8. The van der Waals surface area contributed by atoms with E-state index in [1.165, 1.54) is 29.2 Å². The van der Waals surface area contributed by atoms with E-state index in [9.17, 15) is 19.3 Å². The van der Waals surface area contributed by atoms with Crippen molar-refractivity contribution in [2.75, 3.05) is 31.1 Å². The van der Waals surface area contributed by atoms with Crippen LogP contribution in [0.1, 0.15) is 15.9 Å². The molecule has 0 unspecified atom stereocenters. The van der Waals surface area contributed by atoms with Crippen LogP contribution >= 0.6 is 11.6 Å². The summed E-state index contributed by atoms with van der Waals surface area (Å²) >= 11 is 5.79. The van der Waals surface area contributed by atoms with Gasteiger partial charge in [0.05, 0.1) is 10.6 Å².